The molecule has 0 radical (unpaired) electrons. The van der Waals surface area contributed by atoms with Crippen molar-refractivity contribution in [2.45, 2.75) is 12.5 Å². The molecule has 1 unspecified atom stereocenters. The Bertz CT molecular complexity index is 402. The molecular weight excluding hydrogens is 270 g/mol. The predicted octanol–water partition coefficient (Wildman–Crippen LogP) is -1.65. The number of hydrogen-bond acceptors (Lipinski definition) is 6. The van der Waals surface area contributed by atoms with Crippen LogP contribution in [0.4, 0.5) is 0 Å². The van der Waals surface area contributed by atoms with Gasteiger partial charge < -0.3 is 9.84 Å². The van der Waals surface area contributed by atoms with Gasteiger partial charge in [-0.15, -0.1) is 0 Å². The van der Waals surface area contributed by atoms with Crippen molar-refractivity contribution in [3.63, 3.8) is 0 Å². The van der Waals surface area contributed by atoms with Gasteiger partial charge >= 0.3 is 0 Å². The van der Waals surface area contributed by atoms with Crippen LogP contribution in [0, 0.1) is 0 Å². The smallest absolute Gasteiger partial charge is 0.212 e. The van der Waals surface area contributed by atoms with Crippen molar-refractivity contribution in [3.05, 3.63) is 0 Å². The monoisotopic (exact) mass is 289 g/mol. The fourth-order valence-electron chi connectivity index (χ4n) is 0.990. The summed E-state index contributed by atoms with van der Waals surface area (Å²) in [4.78, 5) is 0. The summed E-state index contributed by atoms with van der Waals surface area (Å²) in [6.45, 7) is 0.182. The number of methoxy groups -OCH3 is 1. The third kappa shape index (κ3) is 10.6. The number of nitrogens with one attached hydrogen (secondary N) is 1. The number of hydrogen-bond donors (Lipinski definition) is 2. The minimum atomic E-state index is -3.61. The molecule has 0 spiro atoms. The fourth-order valence-corrected chi connectivity index (χ4v) is 3.65. The Morgan fingerprint density at radius 1 is 1.24 bits per heavy atom. The average Bonchev–Trinajstić information content (AvgIpc) is 2.14. The van der Waals surface area contributed by atoms with Crippen LogP contribution in [0.5, 0.6) is 0 Å². The van der Waals surface area contributed by atoms with Crippen molar-refractivity contribution in [2.24, 2.45) is 0 Å². The normalized spacial score (nSPS) is 14.8. The van der Waals surface area contributed by atoms with Crippen molar-refractivity contribution < 1.29 is 26.7 Å². The lowest BCUT2D eigenvalue weighted by molar-refractivity contribution is 0.0603. The molecule has 7 nitrogen and oxygen atoms in total. The summed E-state index contributed by atoms with van der Waals surface area (Å²) in [6.07, 6.45) is 0.453. The Balaban J connectivity index is 3.95. The van der Waals surface area contributed by atoms with Gasteiger partial charge in [0.25, 0.3) is 0 Å². The van der Waals surface area contributed by atoms with Crippen molar-refractivity contribution in [1.82, 2.24) is 4.72 Å². The first-order valence-corrected chi connectivity index (χ1v) is 8.69. The van der Waals surface area contributed by atoms with Crippen LogP contribution in [0.1, 0.15) is 6.42 Å². The third-order valence-corrected chi connectivity index (χ3v) is 4.47. The Hall–Kier alpha value is -0.220. The van der Waals surface area contributed by atoms with Gasteiger partial charge in [-0.1, -0.05) is 0 Å². The summed E-state index contributed by atoms with van der Waals surface area (Å²) in [5.41, 5.74) is 0. The van der Waals surface area contributed by atoms with E-state index in [1.54, 1.807) is 0 Å². The maximum Gasteiger partial charge on any atom is 0.212 e. The molecule has 2 N–H and O–H groups in total. The van der Waals surface area contributed by atoms with Crippen molar-refractivity contribution in [3.8, 4) is 0 Å². The van der Waals surface area contributed by atoms with E-state index in [0.29, 0.717) is 0 Å². The molecule has 0 amide bonds. The maximum atomic E-state index is 11.3. The van der Waals surface area contributed by atoms with E-state index in [1.165, 1.54) is 7.11 Å². The van der Waals surface area contributed by atoms with Gasteiger partial charge in [-0.3, -0.25) is 0 Å². The molecule has 0 aliphatic heterocycles. The maximum absolute atomic E-state index is 11.3. The number of sulfone groups is 1. The number of aliphatic hydroxyl groups excluding tert-OH is 1. The van der Waals surface area contributed by atoms with Crippen LogP contribution in [0.3, 0.4) is 0 Å². The highest BCUT2D eigenvalue weighted by molar-refractivity contribution is 7.93. The molecule has 1 atom stereocenters. The second-order valence-corrected chi connectivity index (χ2v) is 7.93. The molecule has 0 aliphatic carbocycles. The van der Waals surface area contributed by atoms with E-state index in [9.17, 15) is 21.9 Å². The first-order chi connectivity index (χ1) is 7.66. The second-order valence-electron chi connectivity index (χ2n) is 3.74. The summed E-state index contributed by atoms with van der Waals surface area (Å²) in [7, 11) is -5.47. The predicted molar refractivity (Wildman–Crippen MR) is 64.0 cm³/mol. The van der Waals surface area contributed by atoms with E-state index in [0.717, 1.165) is 6.26 Å². The fraction of sp³-hybridized carbons (Fsp3) is 1.00. The zero-order valence-corrected chi connectivity index (χ0v) is 11.6. The van der Waals surface area contributed by atoms with Gasteiger partial charge in [-0.2, -0.15) is 0 Å². The van der Waals surface area contributed by atoms with Crippen LogP contribution in [0.2, 0.25) is 0 Å². The van der Waals surface area contributed by atoms with E-state index in [-0.39, 0.29) is 19.6 Å². The highest BCUT2D eigenvalue weighted by atomic mass is 32.2. The van der Waals surface area contributed by atoms with Gasteiger partial charge in [-0.05, 0) is 6.42 Å². The van der Waals surface area contributed by atoms with E-state index < -0.39 is 37.5 Å². The van der Waals surface area contributed by atoms with Crippen LogP contribution in [0.25, 0.3) is 0 Å². The molecule has 9 heteroatoms. The zero-order valence-electron chi connectivity index (χ0n) is 9.92. The highest BCUT2D eigenvalue weighted by Gasteiger charge is 2.14. The Labute approximate surface area is 102 Å². The molecule has 0 saturated carbocycles. The zero-order chi connectivity index (χ0) is 13.5. The van der Waals surface area contributed by atoms with Crippen molar-refractivity contribution >= 4 is 19.9 Å². The molecule has 0 saturated heterocycles. The van der Waals surface area contributed by atoms with E-state index in [4.69, 9.17) is 0 Å². The highest BCUT2D eigenvalue weighted by Crippen LogP contribution is 1.94. The molecule has 0 aliphatic rings. The summed E-state index contributed by atoms with van der Waals surface area (Å²) in [5.74, 6) is -0.880. The van der Waals surface area contributed by atoms with Gasteiger partial charge in [0.15, 0.2) is 0 Å². The summed E-state index contributed by atoms with van der Waals surface area (Å²) in [5, 5.41) is 9.25. The molecule has 0 aromatic rings. The van der Waals surface area contributed by atoms with Crippen LogP contribution in [-0.2, 0) is 24.6 Å². The minimum absolute atomic E-state index is 0.0522. The van der Waals surface area contributed by atoms with E-state index in [2.05, 4.69) is 9.46 Å². The Morgan fingerprint density at radius 3 is 2.29 bits per heavy atom. The topological polar surface area (TPSA) is 110 Å². The number of aliphatic hydroxyl groups is 1. The van der Waals surface area contributed by atoms with Gasteiger partial charge in [0.1, 0.15) is 9.84 Å². The summed E-state index contributed by atoms with van der Waals surface area (Å²) in [6, 6.07) is 0. The molecule has 0 aromatic heterocycles. The number of rotatable bonds is 9. The molecule has 0 rings (SSSR count). The van der Waals surface area contributed by atoms with Gasteiger partial charge in [0.2, 0.25) is 10.0 Å². The molecular formula is C8H19NO6S2. The van der Waals surface area contributed by atoms with E-state index >= 15 is 0 Å². The van der Waals surface area contributed by atoms with Gasteiger partial charge in [0.05, 0.1) is 24.2 Å². The molecule has 17 heavy (non-hydrogen) atoms. The van der Waals surface area contributed by atoms with Crippen LogP contribution in [-0.4, -0.2) is 66.1 Å². The average molecular weight is 289 g/mol. The number of ether oxygens (including phenoxy) is 1. The Morgan fingerprint density at radius 2 is 1.82 bits per heavy atom. The van der Waals surface area contributed by atoms with Crippen molar-refractivity contribution in [2.75, 3.05) is 38.0 Å². The number of sulfonamides is 1. The summed E-state index contributed by atoms with van der Waals surface area (Å²) < 4.78 is 51.1. The van der Waals surface area contributed by atoms with Crippen LogP contribution in [0.15, 0.2) is 0 Å². The molecule has 0 fully saturated rings. The first kappa shape index (κ1) is 16.8. The van der Waals surface area contributed by atoms with Crippen LogP contribution < -0.4 is 4.72 Å². The van der Waals surface area contributed by atoms with Crippen molar-refractivity contribution in [1.29, 1.82) is 0 Å². The SMILES string of the molecule is COCC(O)CCNS(=O)(=O)CCS(C)(=O)=O. The minimum Gasteiger partial charge on any atom is -0.391 e. The largest absolute Gasteiger partial charge is 0.391 e. The standard InChI is InChI=1S/C8H19NO6S2/c1-15-7-8(10)3-4-9-17(13,14)6-5-16(2,11)12/h8-10H,3-7H2,1-2H3. The van der Waals surface area contributed by atoms with Crippen LogP contribution >= 0.6 is 0 Å². The molecule has 104 valence electrons. The lowest BCUT2D eigenvalue weighted by atomic mass is 10.3. The lowest BCUT2D eigenvalue weighted by Gasteiger charge is -2.10. The summed E-state index contributed by atoms with van der Waals surface area (Å²) >= 11 is 0. The molecule has 0 bridgehead atoms. The molecule has 0 aromatic carbocycles. The lowest BCUT2D eigenvalue weighted by Crippen LogP contribution is -2.32. The van der Waals surface area contributed by atoms with Gasteiger partial charge in [0, 0.05) is 19.9 Å². The van der Waals surface area contributed by atoms with E-state index in [1.807, 2.05) is 0 Å². The Kier molecular flexibility index (Phi) is 7.17. The quantitative estimate of drug-likeness (QED) is 0.526. The first-order valence-electron chi connectivity index (χ1n) is 4.98. The van der Waals surface area contributed by atoms with Gasteiger partial charge in [-0.25, -0.2) is 21.6 Å². The molecule has 0 heterocycles. The third-order valence-electron chi connectivity index (χ3n) is 1.88. The second kappa shape index (κ2) is 7.27.